The fourth-order valence-electron chi connectivity index (χ4n) is 2.25. The quantitative estimate of drug-likeness (QED) is 0.177. The minimum atomic E-state index is -0.411. The Morgan fingerprint density at radius 2 is 1.32 bits per heavy atom. The van der Waals surface area contributed by atoms with Gasteiger partial charge in [-0.15, -0.1) is 0 Å². The summed E-state index contributed by atoms with van der Waals surface area (Å²) in [5.41, 5.74) is 4.27. The molecule has 0 saturated heterocycles. The molecule has 2 aromatic carbocycles. The smallest absolute Gasteiger partial charge is 0.184 e. The van der Waals surface area contributed by atoms with E-state index >= 15 is 0 Å². The SMILES string of the molecule is COC(OC)c1cc(Br)c(/C=C\c2cc(Br)c(CBr)cc2Br)cc1Br. The molecule has 0 fully saturated rings. The van der Waals surface area contributed by atoms with E-state index in [2.05, 4.69) is 104 Å². The largest absolute Gasteiger partial charge is 0.352 e. The fourth-order valence-corrected chi connectivity index (χ4v) is 5.15. The maximum absolute atomic E-state index is 5.33. The topological polar surface area (TPSA) is 18.5 Å². The Bertz CT molecular complexity index is 786. The van der Waals surface area contributed by atoms with E-state index in [1.807, 2.05) is 12.1 Å². The maximum atomic E-state index is 5.33. The second-order valence-corrected chi connectivity index (χ2v) is 9.11. The van der Waals surface area contributed by atoms with Crippen molar-refractivity contribution < 1.29 is 9.47 Å². The Balaban J connectivity index is 2.36. The van der Waals surface area contributed by atoms with Crippen LogP contribution in [0.5, 0.6) is 0 Å². The lowest BCUT2D eigenvalue weighted by molar-refractivity contribution is -0.106. The van der Waals surface area contributed by atoms with Crippen molar-refractivity contribution in [1.82, 2.24) is 0 Å². The molecule has 0 aliphatic heterocycles. The van der Waals surface area contributed by atoms with E-state index in [1.54, 1.807) is 14.2 Å². The van der Waals surface area contributed by atoms with Crippen molar-refractivity contribution in [3.8, 4) is 0 Å². The molecule has 2 aromatic rings. The minimum absolute atomic E-state index is 0.411. The number of hydrogen-bond donors (Lipinski definition) is 0. The second-order valence-electron chi connectivity index (χ2n) is 5.13. The van der Waals surface area contributed by atoms with Gasteiger partial charge in [-0.3, -0.25) is 0 Å². The summed E-state index contributed by atoms with van der Waals surface area (Å²) in [6.07, 6.45) is 3.72. The molecule has 0 aromatic heterocycles. The first-order valence-electron chi connectivity index (χ1n) is 7.17. The molecule has 0 amide bonds. The van der Waals surface area contributed by atoms with Crippen molar-refractivity contribution in [1.29, 1.82) is 0 Å². The first kappa shape index (κ1) is 21.8. The summed E-state index contributed by atoms with van der Waals surface area (Å²) in [5.74, 6) is 0. The third-order valence-electron chi connectivity index (χ3n) is 3.55. The van der Waals surface area contributed by atoms with Crippen molar-refractivity contribution in [3.05, 3.63) is 64.4 Å². The molecule has 2 rings (SSSR count). The van der Waals surface area contributed by atoms with Crippen LogP contribution in [0.25, 0.3) is 12.2 Å². The van der Waals surface area contributed by atoms with Gasteiger partial charge in [0, 0.05) is 43.0 Å². The van der Waals surface area contributed by atoms with Gasteiger partial charge in [0.05, 0.1) is 0 Å². The lowest BCUT2D eigenvalue weighted by Crippen LogP contribution is -2.04. The van der Waals surface area contributed by atoms with Crippen molar-refractivity contribution in [2.45, 2.75) is 11.6 Å². The number of methoxy groups -OCH3 is 2. The normalized spacial score (nSPS) is 11.7. The molecular weight excluding hydrogens is 648 g/mol. The molecule has 25 heavy (non-hydrogen) atoms. The van der Waals surface area contributed by atoms with Gasteiger partial charge >= 0.3 is 0 Å². The summed E-state index contributed by atoms with van der Waals surface area (Å²) in [7, 11) is 3.24. The Labute approximate surface area is 190 Å². The molecule has 0 aliphatic carbocycles. The Morgan fingerprint density at radius 1 is 0.800 bits per heavy atom. The van der Waals surface area contributed by atoms with Crippen LogP contribution in [0.15, 0.2) is 42.2 Å². The molecule has 0 heterocycles. The van der Waals surface area contributed by atoms with Gasteiger partial charge in [0.25, 0.3) is 0 Å². The average Bonchev–Trinajstić information content (AvgIpc) is 2.59. The summed E-state index contributed by atoms with van der Waals surface area (Å²) in [6.45, 7) is 0. The van der Waals surface area contributed by atoms with Crippen LogP contribution in [0.2, 0.25) is 0 Å². The van der Waals surface area contributed by atoms with Crippen LogP contribution < -0.4 is 0 Å². The van der Waals surface area contributed by atoms with Crippen LogP contribution in [-0.4, -0.2) is 14.2 Å². The number of halogens is 5. The van der Waals surface area contributed by atoms with Crippen LogP contribution in [0, 0.1) is 0 Å². The minimum Gasteiger partial charge on any atom is -0.352 e. The van der Waals surface area contributed by atoms with Crippen LogP contribution in [0.1, 0.15) is 28.5 Å². The van der Waals surface area contributed by atoms with Crippen molar-refractivity contribution in [3.63, 3.8) is 0 Å². The molecule has 0 atom stereocenters. The lowest BCUT2D eigenvalue weighted by atomic mass is 10.1. The van der Waals surface area contributed by atoms with Crippen LogP contribution in [0.3, 0.4) is 0 Å². The Kier molecular flexibility index (Phi) is 8.85. The molecule has 7 heteroatoms. The Morgan fingerprint density at radius 3 is 1.84 bits per heavy atom. The van der Waals surface area contributed by atoms with Gasteiger partial charge < -0.3 is 9.47 Å². The molecule has 2 nitrogen and oxygen atoms in total. The van der Waals surface area contributed by atoms with Gasteiger partial charge in [-0.2, -0.15) is 0 Å². The molecule has 0 N–H and O–H groups in total. The monoisotopic (exact) mass is 658 g/mol. The van der Waals surface area contributed by atoms with E-state index in [0.717, 1.165) is 39.9 Å². The number of benzene rings is 2. The third-order valence-corrected chi connectivity index (χ3v) is 6.95. The number of rotatable bonds is 6. The number of ether oxygens (including phenoxy) is 2. The van der Waals surface area contributed by atoms with E-state index in [1.165, 1.54) is 5.56 Å². The standard InChI is InChI=1S/C18H15Br5O2/c1-24-18(25-2)13-8-16(22)11(6-17(13)23)4-3-10-5-15(21)12(9-19)7-14(10)20/h3-8,18H,9H2,1-2H3/b4-3-. The maximum Gasteiger partial charge on any atom is 0.184 e. The van der Waals surface area contributed by atoms with Crippen molar-refractivity contribution in [2.24, 2.45) is 0 Å². The molecule has 134 valence electrons. The van der Waals surface area contributed by atoms with Crippen molar-refractivity contribution in [2.75, 3.05) is 14.2 Å². The molecular formula is C18H15Br5O2. The first-order chi connectivity index (χ1) is 11.9. The van der Waals surface area contributed by atoms with Crippen LogP contribution >= 0.6 is 79.6 Å². The third kappa shape index (κ3) is 5.50. The van der Waals surface area contributed by atoms with Gasteiger partial charge in [0.2, 0.25) is 0 Å². The lowest BCUT2D eigenvalue weighted by Gasteiger charge is -2.16. The highest BCUT2D eigenvalue weighted by molar-refractivity contribution is 9.11. The van der Waals surface area contributed by atoms with Gasteiger partial charge in [-0.25, -0.2) is 0 Å². The van der Waals surface area contributed by atoms with Crippen molar-refractivity contribution >= 4 is 91.8 Å². The predicted octanol–water partition coefficient (Wildman–Crippen LogP) is 8.09. The highest BCUT2D eigenvalue weighted by Gasteiger charge is 2.15. The van der Waals surface area contributed by atoms with Crippen LogP contribution in [0.4, 0.5) is 0 Å². The van der Waals surface area contributed by atoms with E-state index in [-0.39, 0.29) is 0 Å². The predicted molar refractivity (Wildman–Crippen MR) is 122 cm³/mol. The van der Waals surface area contributed by atoms with Gasteiger partial charge in [0.1, 0.15) is 0 Å². The summed E-state index contributed by atoms with van der Waals surface area (Å²) in [5, 5.41) is 0.802. The fraction of sp³-hybridized carbons (Fsp3) is 0.222. The van der Waals surface area contributed by atoms with Crippen LogP contribution in [-0.2, 0) is 14.8 Å². The van der Waals surface area contributed by atoms with Gasteiger partial charge in [-0.1, -0.05) is 91.8 Å². The van der Waals surface area contributed by atoms with Gasteiger partial charge in [0.15, 0.2) is 6.29 Å². The summed E-state index contributed by atoms with van der Waals surface area (Å²) >= 11 is 18.0. The first-order valence-corrected chi connectivity index (χ1v) is 11.5. The number of hydrogen-bond acceptors (Lipinski definition) is 2. The van der Waals surface area contributed by atoms with E-state index in [0.29, 0.717) is 0 Å². The Hall–Kier alpha value is 0.500. The molecule has 0 unspecified atom stereocenters. The summed E-state index contributed by atoms with van der Waals surface area (Å²) in [6, 6.07) is 8.24. The summed E-state index contributed by atoms with van der Waals surface area (Å²) in [4.78, 5) is 0. The molecule has 0 radical (unpaired) electrons. The molecule has 0 spiro atoms. The zero-order valence-electron chi connectivity index (χ0n) is 13.5. The molecule has 0 bridgehead atoms. The van der Waals surface area contributed by atoms with E-state index in [4.69, 9.17) is 9.47 Å². The second kappa shape index (κ2) is 10.2. The number of alkyl halides is 1. The van der Waals surface area contributed by atoms with E-state index < -0.39 is 6.29 Å². The van der Waals surface area contributed by atoms with Gasteiger partial charge in [-0.05, 0) is 41.0 Å². The average molecular weight is 663 g/mol. The summed E-state index contributed by atoms with van der Waals surface area (Å²) < 4.78 is 14.7. The zero-order valence-corrected chi connectivity index (χ0v) is 21.4. The highest BCUT2D eigenvalue weighted by Crippen LogP contribution is 2.34. The van der Waals surface area contributed by atoms with E-state index in [9.17, 15) is 0 Å². The molecule has 0 saturated carbocycles. The highest BCUT2D eigenvalue weighted by atomic mass is 79.9. The molecule has 0 aliphatic rings. The zero-order chi connectivity index (χ0) is 18.6.